The average Bonchev–Trinajstić information content (AvgIpc) is 2.67. The number of nitrogens with one attached hydrogen (secondary N) is 1. The van der Waals surface area contributed by atoms with Crippen LogP contribution >= 0.6 is 0 Å². The van der Waals surface area contributed by atoms with E-state index in [2.05, 4.69) is 17.2 Å². The highest BCUT2D eigenvalue weighted by atomic mass is 16.4. The van der Waals surface area contributed by atoms with Crippen molar-refractivity contribution >= 4 is 0 Å². The van der Waals surface area contributed by atoms with E-state index in [1.807, 2.05) is 6.20 Å². The molecule has 3 nitrogen and oxygen atoms in total. The van der Waals surface area contributed by atoms with Crippen LogP contribution in [0.25, 0.3) is 0 Å². The molecule has 3 heteroatoms. The molecule has 1 aromatic rings. The van der Waals surface area contributed by atoms with Crippen molar-refractivity contribution in [3.8, 4) is 0 Å². The smallest absolute Gasteiger partial charge is 0.197 e. The molecular weight excluding hydrogens is 164 g/mol. The first-order chi connectivity index (χ1) is 6.40. The normalized spacial score (nSPS) is 19.2. The zero-order valence-electron chi connectivity index (χ0n) is 8.05. The van der Waals surface area contributed by atoms with Gasteiger partial charge >= 0.3 is 0 Å². The minimum atomic E-state index is 0.543. The van der Waals surface area contributed by atoms with Crippen LogP contribution in [0.3, 0.4) is 0 Å². The zero-order valence-corrected chi connectivity index (χ0v) is 8.05. The second kappa shape index (κ2) is 3.92. The average molecular weight is 180 g/mol. The molecule has 1 aliphatic rings. The van der Waals surface area contributed by atoms with Crippen LogP contribution < -0.4 is 5.32 Å². The molecule has 0 bridgehead atoms. The van der Waals surface area contributed by atoms with Crippen molar-refractivity contribution in [1.82, 2.24) is 10.3 Å². The highest BCUT2D eigenvalue weighted by Crippen LogP contribution is 2.24. The Morgan fingerprint density at radius 2 is 2.31 bits per heavy atom. The number of aryl methyl sites for hydroxylation is 1. The van der Waals surface area contributed by atoms with Crippen LogP contribution in [0.5, 0.6) is 0 Å². The summed E-state index contributed by atoms with van der Waals surface area (Å²) in [6, 6.07) is 0. The molecule has 0 aromatic carbocycles. The zero-order chi connectivity index (χ0) is 9.10. The lowest BCUT2D eigenvalue weighted by atomic mass is 9.98. The number of hydrogen-bond donors (Lipinski definition) is 1. The van der Waals surface area contributed by atoms with Crippen LogP contribution in [-0.2, 0) is 6.42 Å². The summed E-state index contributed by atoms with van der Waals surface area (Å²) >= 11 is 0. The van der Waals surface area contributed by atoms with Crippen LogP contribution in [-0.4, -0.2) is 18.1 Å². The Labute approximate surface area is 78.5 Å². The third kappa shape index (κ3) is 1.91. The van der Waals surface area contributed by atoms with E-state index in [-0.39, 0.29) is 0 Å². The second-order valence-corrected chi connectivity index (χ2v) is 3.54. The molecule has 0 radical (unpaired) electrons. The van der Waals surface area contributed by atoms with Gasteiger partial charge in [-0.05, 0) is 25.9 Å². The van der Waals surface area contributed by atoms with Gasteiger partial charge in [-0.25, -0.2) is 4.98 Å². The van der Waals surface area contributed by atoms with E-state index in [0.717, 1.165) is 44.0 Å². The first kappa shape index (κ1) is 8.75. The SMILES string of the molecule is CCc1cnc(C2CCNCC2)o1. The van der Waals surface area contributed by atoms with E-state index >= 15 is 0 Å². The third-order valence-electron chi connectivity index (χ3n) is 2.61. The second-order valence-electron chi connectivity index (χ2n) is 3.54. The number of oxazole rings is 1. The van der Waals surface area contributed by atoms with E-state index in [0.29, 0.717) is 5.92 Å². The van der Waals surface area contributed by atoms with E-state index < -0.39 is 0 Å². The highest BCUT2D eigenvalue weighted by molar-refractivity contribution is 5.00. The summed E-state index contributed by atoms with van der Waals surface area (Å²) < 4.78 is 5.63. The highest BCUT2D eigenvalue weighted by Gasteiger charge is 2.19. The van der Waals surface area contributed by atoms with Crippen molar-refractivity contribution in [3.63, 3.8) is 0 Å². The molecule has 1 aromatic heterocycles. The van der Waals surface area contributed by atoms with Crippen LogP contribution in [0.15, 0.2) is 10.6 Å². The summed E-state index contributed by atoms with van der Waals surface area (Å²) in [5.74, 6) is 2.49. The van der Waals surface area contributed by atoms with Crippen molar-refractivity contribution in [3.05, 3.63) is 17.8 Å². The molecule has 1 saturated heterocycles. The first-order valence-corrected chi connectivity index (χ1v) is 5.05. The van der Waals surface area contributed by atoms with Gasteiger partial charge in [0.1, 0.15) is 5.76 Å². The van der Waals surface area contributed by atoms with Gasteiger partial charge in [0, 0.05) is 12.3 Å². The Hall–Kier alpha value is -0.830. The van der Waals surface area contributed by atoms with E-state index in [1.165, 1.54) is 0 Å². The minimum absolute atomic E-state index is 0.543. The lowest BCUT2D eigenvalue weighted by molar-refractivity contribution is 0.362. The number of aromatic nitrogens is 1. The Morgan fingerprint density at radius 1 is 1.54 bits per heavy atom. The van der Waals surface area contributed by atoms with E-state index in [9.17, 15) is 0 Å². The molecule has 2 rings (SSSR count). The largest absolute Gasteiger partial charge is 0.445 e. The van der Waals surface area contributed by atoms with Gasteiger partial charge in [-0.3, -0.25) is 0 Å². The fourth-order valence-corrected chi connectivity index (χ4v) is 1.74. The molecule has 0 unspecified atom stereocenters. The van der Waals surface area contributed by atoms with Crippen LogP contribution in [0.1, 0.15) is 37.3 Å². The number of nitrogens with zero attached hydrogens (tertiary/aromatic N) is 1. The van der Waals surface area contributed by atoms with Gasteiger partial charge < -0.3 is 9.73 Å². The molecule has 0 spiro atoms. The standard InChI is InChI=1S/C10H16N2O/c1-2-9-7-12-10(13-9)8-3-5-11-6-4-8/h7-8,11H,2-6H2,1H3. The quantitative estimate of drug-likeness (QED) is 0.752. The lowest BCUT2D eigenvalue weighted by Gasteiger charge is -2.19. The minimum Gasteiger partial charge on any atom is -0.445 e. The Bertz CT molecular complexity index is 264. The maximum atomic E-state index is 5.63. The van der Waals surface area contributed by atoms with Crippen LogP contribution in [0, 0.1) is 0 Å². The summed E-state index contributed by atoms with van der Waals surface area (Å²) in [5, 5.41) is 3.34. The van der Waals surface area contributed by atoms with Gasteiger partial charge in [0.15, 0.2) is 5.89 Å². The molecule has 1 fully saturated rings. The number of hydrogen-bond acceptors (Lipinski definition) is 3. The summed E-state index contributed by atoms with van der Waals surface area (Å²) in [6.45, 7) is 4.27. The molecule has 1 aliphatic heterocycles. The molecular formula is C10H16N2O. The summed E-state index contributed by atoms with van der Waals surface area (Å²) in [6.07, 6.45) is 5.11. The number of piperidine rings is 1. The first-order valence-electron chi connectivity index (χ1n) is 5.05. The summed E-state index contributed by atoms with van der Waals surface area (Å²) in [4.78, 5) is 4.32. The molecule has 0 amide bonds. The lowest BCUT2D eigenvalue weighted by Crippen LogP contribution is -2.26. The number of rotatable bonds is 2. The Morgan fingerprint density at radius 3 is 2.92 bits per heavy atom. The van der Waals surface area contributed by atoms with Crippen molar-refractivity contribution in [2.45, 2.75) is 32.1 Å². The molecule has 1 N–H and O–H groups in total. The molecule has 72 valence electrons. The van der Waals surface area contributed by atoms with Gasteiger partial charge in [0.05, 0.1) is 6.20 Å². The predicted molar refractivity (Wildman–Crippen MR) is 50.7 cm³/mol. The molecule has 0 saturated carbocycles. The summed E-state index contributed by atoms with van der Waals surface area (Å²) in [5.41, 5.74) is 0. The monoisotopic (exact) mass is 180 g/mol. The van der Waals surface area contributed by atoms with Crippen molar-refractivity contribution in [1.29, 1.82) is 0 Å². The van der Waals surface area contributed by atoms with Crippen LogP contribution in [0.2, 0.25) is 0 Å². The Balaban J connectivity index is 2.05. The van der Waals surface area contributed by atoms with E-state index in [4.69, 9.17) is 4.42 Å². The maximum Gasteiger partial charge on any atom is 0.197 e. The van der Waals surface area contributed by atoms with Crippen molar-refractivity contribution < 1.29 is 4.42 Å². The third-order valence-corrected chi connectivity index (χ3v) is 2.61. The topological polar surface area (TPSA) is 38.1 Å². The van der Waals surface area contributed by atoms with Crippen molar-refractivity contribution in [2.24, 2.45) is 0 Å². The summed E-state index contributed by atoms with van der Waals surface area (Å²) in [7, 11) is 0. The van der Waals surface area contributed by atoms with Gasteiger partial charge in [-0.15, -0.1) is 0 Å². The molecule has 0 atom stereocenters. The van der Waals surface area contributed by atoms with Gasteiger partial charge in [-0.2, -0.15) is 0 Å². The molecule has 0 aliphatic carbocycles. The molecule has 13 heavy (non-hydrogen) atoms. The van der Waals surface area contributed by atoms with E-state index in [1.54, 1.807) is 0 Å². The Kier molecular flexibility index (Phi) is 2.64. The van der Waals surface area contributed by atoms with Crippen molar-refractivity contribution in [2.75, 3.05) is 13.1 Å². The fourth-order valence-electron chi connectivity index (χ4n) is 1.74. The van der Waals surface area contributed by atoms with Gasteiger partial charge in [-0.1, -0.05) is 6.92 Å². The van der Waals surface area contributed by atoms with Crippen LogP contribution in [0.4, 0.5) is 0 Å². The fraction of sp³-hybridized carbons (Fsp3) is 0.700. The molecule has 2 heterocycles. The maximum absolute atomic E-state index is 5.63. The van der Waals surface area contributed by atoms with Gasteiger partial charge in [0.25, 0.3) is 0 Å². The van der Waals surface area contributed by atoms with Gasteiger partial charge in [0.2, 0.25) is 0 Å². The predicted octanol–water partition coefficient (Wildman–Crippen LogP) is 1.70.